The van der Waals surface area contributed by atoms with Crippen molar-refractivity contribution in [1.29, 1.82) is 0 Å². The van der Waals surface area contributed by atoms with Crippen LogP contribution >= 0.6 is 19.1 Å². The molecule has 1 heterocycles. The summed E-state index contributed by atoms with van der Waals surface area (Å²) in [7, 11) is -2.91. The highest BCUT2D eigenvalue weighted by Gasteiger charge is 2.27. The number of allylic oxidation sites excluding steroid dienone is 1. The van der Waals surface area contributed by atoms with Crippen molar-refractivity contribution in [2.45, 2.75) is 26.4 Å². The molecule has 0 aliphatic carbocycles. The first kappa shape index (κ1) is 14.6. The molecule has 5 heteroatoms. The van der Waals surface area contributed by atoms with Gasteiger partial charge in [0, 0.05) is 11.7 Å². The van der Waals surface area contributed by atoms with Gasteiger partial charge in [-0.2, -0.15) is 0 Å². The molecule has 0 radical (unpaired) electrons. The second kappa shape index (κ2) is 6.56. The minimum atomic E-state index is -2.91. The van der Waals surface area contributed by atoms with E-state index in [0.717, 1.165) is 16.8 Å². The summed E-state index contributed by atoms with van der Waals surface area (Å²) >= 11 is 1.59. The van der Waals surface area contributed by atoms with Crippen LogP contribution in [0.5, 0.6) is 0 Å². The molecule has 0 saturated heterocycles. The second-order valence-corrected chi connectivity index (χ2v) is 7.89. The Morgan fingerprint density at radius 1 is 1.37 bits per heavy atom. The Balaban J connectivity index is 2.20. The molecule has 3 nitrogen and oxygen atoms in total. The van der Waals surface area contributed by atoms with E-state index in [1.165, 1.54) is 0 Å². The minimum Gasteiger partial charge on any atom is -0.321 e. The third kappa shape index (κ3) is 4.07. The van der Waals surface area contributed by atoms with E-state index in [9.17, 15) is 4.57 Å². The standard InChI is InChI=1S/C14H18NO2PS/c1-12(2)17-18(16,13-7-4-3-5-8-13)11-15-14-9-6-10-19-14/h3-8,10,12H,9,11H2,1-2H3. The van der Waals surface area contributed by atoms with E-state index in [1.807, 2.05) is 49.6 Å². The van der Waals surface area contributed by atoms with Crippen LogP contribution < -0.4 is 5.30 Å². The number of aliphatic imine (C=N–C) groups is 1. The zero-order chi connectivity index (χ0) is 13.7. The van der Waals surface area contributed by atoms with Crippen LogP contribution in [0, 0.1) is 0 Å². The lowest BCUT2D eigenvalue weighted by molar-refractivity contribution is 0.249. The molecule has 0 spiro atoms. The second-order valence-electron chi connectivity index (χ2n) is 4.55. The zero-order valence-electron chi connectivity index (χ0n) is 11.2. The van der Waals surface area contributed by atoms with Crippen LogP contribution in [-0.4, -0.2) is 17.4 Å². The van der Waals surface area contributed by atoms with Crippen LogP contribution in [0.4, 0.5) is 0 Å². The minimum absolute atomic E-state index is 0.0828. The molecule has 0 bridgehead atoms. The van der Waals surface area contributed by atoms with Crippen LogP contribution in [0.25, 0.3) is 0 Å². The lowest BCUT2D eigenvalue weighted by Gasteiger charge is -2.19. The first-order valence-corrected chi connectivity index (χ1v) is 8.97. The summed E-state index contributed by atoms with van der Waals surface area (Å²) < 4.78 is 18.7. The molecule has 1 unspecified atom stereocenters. The maximum Gasteiger partial charge on any atom is 0.253 e. The molecule has 2 rings (SSSR count). The Morgan fingerprint density at radius 2 is 2.11 bits per heavy atom. The fourth-order valence-corrected chi connectivity index (χ4v) is 4.56. The van der Waals surface area contributed by atoms with E-state index < -0.39 is 7.37 Å². The number of nitrogens with zero attached hydrogens (tertiary/aromatic N) is 1. The molecule has 0 N–H and O–H groups in total. The van der Waals surface area contributed by atoms with Crippen molar-refractivity contribution in [2.24, 2.45) is 4.99 Å². The molecule has 0 saturated carbocycles. The summed E-state index contributed by atoms with van der Waals surface area (Å²) in [6, 6.07) is 9.37. The molecule has 1 aliphatic heterocycles. The third-order valence-electron chi connectivity index (χ3n) is 2.56. The maximum atomic E-state index is 13.0. The fourth-order valence-electron chi connectivity index (χ4n) is 1.77. The molecular formula is C14H18NO2PS. The van der Waals surface area contributed by atoms with Crippen molar-refractivity contribution in [3.63, 3.8) is 0 Å². The molecule has 0 aromatic heterocycles. The van der Waals surface area contributed by atoms with Crippen molar-refractivity contribution >= 4 is 29.5 Å². The quantitative estimate of drug-likeness (QED) is 0.770. The van der Waals surface area contributed by atoms with E-state index in [-0.39, 0.29) is 12.4 Å². The van der Waals surface area contributed by atoms with Crippen molar-refractivity contribution in [3.8, 4) is 0 Å². The third-order valence-corrected chi connectivity index (χ3v) is 5.81. The molecule has 1 aromatic carbocycles. The highest BCUT2D eigenvalue weighted by Crippen LogP contribution is 2.47. The molecule has 0 amide bonds. The number of hydrogen-bond donors (Lipinski definition) is 0. The number of rotatable bonds is 5. The van der Waals surface area contributed by atoms with Gasteiger partial charge in [0.25, 0.3) is 7.37 Å². The Bertz CT molecular complexity index is 516. The van der Waals surface area contributed by atoms with Crippen LogP contribution in [0.3, 0.4) is 0 Å². The van der Waals surface area contributed by atoms with Gasteiger partial charge in [-0.05, 0) is 31.4 Å². The molecule has 102 valence electrons. The van der Waals surface area contributed by atoms with Crippen LogP contribution in [0.15, 0.2) is 46.8 Å². The fraction of sp³-hybridized carbons (Fsp3) is 0.357. The summed E-state index contributed by atoms with van der Waals surface area (Å²) in [5, 5.41) is 3.75. The molecule has 0 fully saturated rings. The van der Waals surface area contributed by atoms with Crippen molar-refractivity contribution in [1.82, 2.24) is 0 Å². The van der Waals surface area contributed by atoms with Gasteiger partial charge < -0.3 is 4.52 Å². The van der Waals surface area contributed by atoms with Crippen LogP contribution in [0.1, 0.15) is 20.3 Å². The summed E-state index contributed by atoms with van der Waals surface area (Å²) in [6.45, 7) is 3.79. The van der Waals surface area contributed by atoms with Crippen molar-refractivity contribution in [2.75, 3.05) is 6.29 Å². The van der Waals surface area contributed by atoms with Crippen LogP contribution in [-0.2, 0) is 9.09 Å². The summed E-state index contributed by atoms with van der Waals surface area (Å²) in [6.07, 6.45) is 3.03. The van der Waals surface area contributed by atoms with Gasteiger partial charge in [0.2, 0.25) is 0 Å². The van der Waals surface area contributed by atoms with Gasteiger partial charge in [-0.3, -0.25) is 9.56 Å². The Morgan fingerprint density at radius 3 is 2.68 bits per heavy atom. The van der Waals surface area contributed by atoms with E-state index in [0.29, 0.717) is 0 Å². The lowest BCUT2D eigenvalue weighted by Crippen LogP contribution is -2.13. The first-order valence-electron chi connectivity index (χ1n) is 6.28. The maximum absolute atomic E-state index is 13.0. The van der Waals surface area contributed by atoms with Crippen molar-refractivity contribution < 1.29 is 9.09 Å². The van der Waals surface area contributed by atoms with Crippen molar-refractivity contribution in [3.05, 3.63) is 41.8 Å². The molecule has 1 atom stereocenters. The highest BCUT2D eigenvalue weighted by atomic mass is 32.2. The molecular weight excluding hydrogens is 277 g/mol. The van der Waals surface area contributed by atoms with Gasteiger partial charge in [0.1, 0.15) is 6.29 Å². The van der Waals surface area contributed by atoms with Gasteiger partial charge in [0.15, 0.2) is 0 Å². The Kier molecular flexibility index (Phi) is 5.03. The zero-order valence-corrected chi connectivity index (χ0v) is 12.9. The summed E-state index contributed by atoms with van der Waals surface area (Å²) in [5.41, 5.74) is 0. The van der Waals surface area contributed by atoms with Gasteiger partial charge >= 0.3 is 0 Å². The topological polar surface area (TPSA) is 38.7 Å². The molecule has 1 aliphatic rings. The van der Waals surface area contributed by atoms with E-state index in [1.54, 1.807) is 11.8 Å². The lowest BCUT2D eigenvalue weighted by atomic mass is 10.4. The van der Waals surface area contributed by atoms with Crippen LogP contribution in [0.2, 0.25) is 0 Å². The highest BCUT2D eigenvalue weighted by molar-refractivity contribution is 8.16. The predicted octanol–water partition coefficient (Wildman–Crippen LogP) is 4.02. The Hall–Kier alpha value is -0.830. The van der Waals surface area contributed by atoms with Gasteiger partial charge in [-0.1, -0.05) is 36.0 Å². The first-order chi connectivity index (χ1) is 9.10. The van der Waals surface area contributed by atoms with E-state index in [2.05, 4.69) is 11.1 Å². The number of benzene rings is 1. The van der Waals surface area contributed by atoms with Gasteiger partial charge in [0.05, 0.1) is 11.1 Å². The average Bonchev–Trinajstić information content (AvgIpc) is 2.90. The van der Waals surface area contributed by atoms with E-state index in [4.69, 9.17) is 4.52 Å². The SMILES string of the molecule is CC(C)OP(=O)(CN=C1CC=CS1)c1ccccc1. The van der Waals surface area contributed by atoms with Gasteiger partial charge in [-0.25, -0.2) is 0 Å². The average molecular weight is 295 g/mol. The molecule has 19 heavy (non-hydrogen) atoms. The molecule has 1 aromatic rings. The largest absolute Gasteiger partial charge is 0.321 e. The summed E-state index contributed by atoms with van der Waals surface area (Å²) in [5.74, 6) is 0. The van der Waals surface area contributed by atoms with E-state index >= 15 is 0 Å². The monoisotopic (exact) mass is 295 g/mol. The normalized spacial score (nSPS) is 20.1. The predicted molar refractivity (Wildman–Crippen MR) is 83.6 cm³/mol. The summed E-state index contributed by atoms with van der Waals surface area (Å²) in [4.78, 5) is 4.45. The Labute approximate surface area is 118 Å². The number of thioether (sulfide) groups is 1. The smallest absolute Gasteiger partial charge is 0.253 e. The number of hydrogen-bond acceptors (Lipinski definition) is 4. The van der Waals surface area contributed by atoms with Gasteiger partial charge in [-0.15, -0.1) is 0 Å².